The topological polar surface area (TPSA) is 96.0 Å². The third-order valence-electron chi connectivity index (χ3n) is 5.47. The van der Waals surface area contributed by atoms with E-state index in [4.69, 9.17) is 4.74 Å². The Kier molecular flexibility index (Phi) is 9.43. The molecule has 34 heavy (non-hydrogen) atoms. The number of anilines is 1. The highest BCUT2D eigenvalue weighted by Gasteiger charge is 2.30. The lowest BCUT2D eigenvalue weighted by Gasteiger charge is -2.32. The lowest BCUT2D eigenvalue weighted by atomic mass is 10.1. The Morgan fingerprint density at radius 2 is 1.65 bits per heavy atom. The summed E-state index contributed by atoms with van der Waals surface area (Å²) < 4.78 is 44.3. The van der Waals surface area contributed by atoms with Crippen LogP contribution >= 0.6 is 0 Å². The number of rotatable bonds is 11. The predicted molar refractivity (Wildman–Crippen MR) is 129 cm³/mol. The van der Waals surface area contributed by atoms with E-state index in [1.807, 2.05) is 13.8 Å². The Morgan fingerprint density at radius 3 is 2.15 bits per heavy atom. The average Bonchev–Trinajstić information content (AvgIpc) is 2.80. The van der Waals surface area contributed by atoms with Crippen molar-refractivity contribution < 1.29 is 27.1 Å². The molecule has 2 rings (SSSR count). The summed E-state index contributed by atoms with van der Waals surface area (Å²) in [7, 11) is -2.32. The van der Waals surface area contributed by atoms with Crippen molar-refractivity contribution in [3.63, 3.8) is 0 Å². The van der Waals surface area contributed by atoms with Crippen molar-refractivity contribution in [2.45, 2.75) is 45.8 Å². The SMILES string of the molecule is CC[C@H](C)NC(=O)[C@@H](C)N(Cc1ccc(OC)cc1)C(=O)CN(c1ccc(F)cc1)S(C)(=O)=O. The molecule has 0 saturated heterocycles. The van der Waals surface area contributed by atoms with Gasteiger partial charge in [-0.1, -0.05) is 19.1 Å². The van der Waals surface area contributed by atoms with E-state index in [0.29, 0.717) is 5.75 Å². The molecule has 2 atom stereocenters. The fourth-order valence-electron chi connectivity index (χ4n) is 3.20. The van der Waals surface area contributed by atoms with E-state index in [1.165, 1.54) is 17.0 Å². The summed E-state index contributed by atoms with van der Waals surface area (Å²) in [5.74, 6) is -0.801. The second-order valence-electron chi connectivity index (χ2n) is 8.11. The average molecular weight is 494 g/mol. The van der Waals surface area contributed by atoms with Crippen molar-refractivity contribution in [3.8, 4) is 5.75 Å². The number of carbonyl (C=O) groups is 2. The van der Waals surface area contributed by atoms with Crippen LogP contribution in [0.15, 0.2) is 48.5 Å². The molecule has 0 unspecified atom stereocenters. The van der Waals surface area contributed by atoms with Crippen LogP contribution in [0.25, 0.3) is 0 Å². The molecule has 2 aromatic rings. The maximum Gasteiger partial charge on any atom is 0.244 e. The van der Waals surface area contributed by atoms with Gasteiger partial charge in [0.1, 0.15) is 24.2 Å². The van der Waals surface area contributed by atoms with Crippen molar-refractivity contribution >= 4 is 27.5 Å². The highest BCUT2D eigenvalue weighted by molar-refractivity contribution is 7.92. The van der Waals surface area contributed by atoms with E-state index < -0.39 is 34.3 Å². The van der Waals surface area contributed by atoms with Gasteiger partial charge in [0.05, 0.1) is 19.1 Å². The number of nitrogens with one attached hydrogen (secondary N) is 1. The second kappa shape index (κ2) is 11.8. The van der Waals surface area contributed by atoms with Gasteiger partial charge in [-0.15, -0.1) is 0 Å². The zero-order valence-electron chi connectivity index (χ0n) is 20.1. The molecule has 2 amide bonds. The van der Waals surface area contributed by atoms with E-state index in [2.05, 4.69) is 5.32 Å². The lowest BCUT2D eigenvalue weighted by Crippen LogP contribution is -2.52. The summed E-state index contributed by atoms with van der Waals surface area (Å²) in [5, 5.41) is 2.86. The van der Waals surface area contributed by atoms with E-state index in [-0.39, 0.29) is 24.2 Å². The number of hydrogen-bond donors (Lipinski definition) is 1. The minimum Gasteiger partial charge on any atom is -0.497 e. The largest absolute Gasteiger partial charge is 0.497 e. The van der Waals surface area contributed by atoms with Gasteiger partial charge in [0.15, 0.2) is 0 Å². The summed E-state index contributed by atoms with van der Waals surface area (Å²) in [5.41, 5.74) is 0.892. The molecule has 1 N–H and O–H groups in total. The number of halogens is 1. The van der Waals surface area contributed by atoms with Gasteiger partial charge in [-0.25, -0.2) is 12.8 Å². The molecule has 10 heteroatoms. The molecule has 2 aromatic carbocycles. The van der Waals surface area contributed by atoms with E-state index in [9.17, 15) is 22.4 Å². The van der Waals surface area contributed by atoms with Gasteiger partial charge in [0.2, 0.25) is 21.8 Å². The van der Waals surface area contributed by atoms with Crippen molar-refractivity contribution in [1.29, 1.82) is 0 Å². The maximum absolute atomic E-state index is 13.4. The van der Waals surface area contributed by atoms with Crippen molar-refractivity contribution in [1.82, 2.24) is 10.2 Å². The van der Waals surface area contributed by atoms with Gasteiger partial charge in [0, 0.05) is 12.6 Å². The van der Waals surface area contributed by atoms with Crippen LogP contribution in [0.1, 0.15) is 32.8 Å². The zero-order valence-corrected chi connectivity index (χ0v) is 20.9. The number of carbonyl (C=O) groups excluding carboxylic acids is 2. The minimum atomic E-state index is -3.86. The van der Waals surface area contributed by atoms with Crippen molar-refractivity contribution in [2.75, 3.05) is 24.2 Å². The first kappa shape index (κ1) is 27.1. The fourth-order valence-corrected chi connectivity index (χ4v) is 4.05. The third kappa shape index (κ3) is 7.44. The Labute approximate surface area is 200 Å². The van der Waals surface area contributed by atoms with Crippen LogP contribution in [0.2, 0.25) is 0 Å². The molecule has 0 radical (unpaired) electrons. The molecule has 186 valence electrons. The Morgan fingerprint density at radius 1 is 1.06 bits per heavy atom. The summed E-state index contributed by atoms with van der Waals surface area (Å²) in [6.45, 7) is 4.94. The molecule has 0 aromatic heterocycles. The lowest BCUT2D eigenvalue weighted by molar-refractivity contribution is -0.139. The molecule has 0 saturated carbocycles. The number of ether oxygens (including phenoxy) is 1. The van der Waals surface area contributed by atoms with Crippen LogP contribution in [0.5, 0.6) is 5.75 Å². The first-order chi connectivity index (χ1) is 16.0. The highest BCUT2D eigenvalue weighted by Crippen LogP contribution is 2.20. The number of sulfonamides is 1. The highest BCUT2D eigenvalue weighted by atomic mass is 32.2. The molecular weight excluding hydrogens is 461 g/mol. The van der Waals surface area contributed by atoms with Gasteiger partial charge in [-0.3, -0.25) is 13.9 Å². The van der Waals surface area contributed by atoms with Crippen LogP contribution in [-0.4, -0.2) is 57.1 Å². The zero-order chi connectivity index (χ0) is 25.5. The number of amides is 2. The molecule has 0 aliphatic carbocycles. The Bertz CT molecular complexity index is 1070. The van der Waals surface area contributed by atoms with E-state index >= 15 is 0 Å². The summed E-state index contributed by atoms with van der Waals surface area (Å²) >= 11 is 0. The number of hydrogen-bond acceptors (Lipinski definition) is 5. The van der Waals surface area contributed by atoms with Gasteiger partial charge in [-0.2, -0.15) is 0 Å². The number of benzene rings is 2. The van der Waals surface area contributed by atoms with Crippen LogP contribution in [0, 0.1) is 5.82 Å². The fraction of sp³-hybridized carbons (Fsp3) is 0.417. The Hall–Kier alpha value is -3.14. The summed E-state index contributed by atoms with van der Waals surface area (Å²) in [6.07, 6.45) is 1.69. The maximum atomic E-state index is 13.4. The van der Waals surface area contributed by atoms with Crippen LogP contribution in [0.3, 0.4) is 0 Å². The number of methoxy groups -OCH3 is 1. The molecule has 0 aliphatic rings. The first-order valence-corrected chi connectivity index (χ1v) is 12.8. The van der Waals surface area contributed by atoms with Gasteiger partial charge < -0.3 is 15.0 Å². The van der Waals surface area contributed by atoms with Crippen LogP contribution < -0.4 is 14.4 Å². The van der Waals surface area contributed by atoms with E-state index in [0.717, 1.165) is 34.7 Å². The molecule has 0 spiro atoms. The van der Waals surface area contributed by atoms with E-state index in [1.54, 1.807) is 38.3 Å². The van der Waals surface area contributed by atoms with Crippen molar-refractivity contribution in [3.05, 3.63) is 59.9 Å². The quantitative estimate of drug-likeness (QED) is 0.519. The minimum absolute atomic E-state index is 0.0823. The number of nitrogens with zero attached hydrogens (tertiary/aromatic N) is 2. The summed E-state index contributed by atoms with van der Waals surface area (Å²) in [4.78, 5) is 27.6. The molecule has 0 heterocycles. The van der Waals surface area contributed by atoms with Crippen molar-refractivity contribution in [2.24, 2.45) is 0 Å². The third-order valence-corrected chi connectivity index (χ3v) is 6.61. The summed E-state index contributed by atoms with van der Waals surface area (Å²) in [6, 6.07) is 10.9. The van der Waals surface area contributed by atoms with Crippen LogP contribution in [0.4, 0.5) is 10.1 Å². The molecular formula is C24H32FN3O5S. The molecule has 8 nitrogen and oxygen atoms in total. The van der Waals surface area contributed by atoms with Gasteiger partial charge >= 0.3 is 0 Å². The molecule has 0 bridgehead atoms. The first-order valence-electron chi connectivity index (χ1n) is 10.9. The molecule has 0 aliphatic heterocycles. The monoisotopic (exact) mass is 493 g/mol. The Balaban J connectivity index is 2.36. The predicted octanol–water partition coefficient (Wildman–Crippen LogP) is 2.93. The second-order valence-corrected chi connectivity index (χ2v) is 10.0. The molecule has 0 fully saturated rings. The smallest absolute Gasteiger partial charge is 0.244 e. The normalized spacial score (nSPS) is 13.0. The standard InChI is InChI=1S/C24H32FN3O5S/c1-6-17(2)26-24(30)18(3)27(15-19-7-13-22(33-4)14-8-19)23(29)16-28(34(5,31)32)21-11-9-20(25)10-12-21/h7-14,17-18H,6,15-16H2,1-5H3,(H,26,30)/t17-,18+/m0/s1. The van der Waals surface area contributed by atoms with Gasteiger partial charge in [0.25, 0.3) is 0 Å². The van der Waals surface area contributed by atoms with Crippen LogP contribution in [-0.2, 0) is 26.2 Å². The van der Waals surface area contributed by atoms with Gasteiger partial charge in [-0.05, 0) is 62.2 Å².